The Morgan fingerprint density at radius 3 is 2.69 bits per heavy atom. The van der Waals surface area contributed by atoms with Gasteiger partial charge < -0.3 is 4.57 Å². The number of aromatic nitrogens is 6. The van der Waals surface area contributed by atoms with E-state index in [2.05, 4.69) is 25.4 Å². The third-order valence-corrected chi connectivity index (χ3v) is 5.44. The normalized spacial score (nSPS) is 16.9. The molecule has 1 aliphatic rings. The van der Waals surface area contributed by atoms with Gasteiger partial charge in [0.05, 0.1) is 11.6 Å². The van der Waals surface area contributed by atoms with Gasteiger partial charge in [0.15, 0.2) is 11.5 Å². The molecule has 4 aromatic rings. The summed E-state index contributed by atoms with van der Waals surface area (Å²) in [6.07, 6.45) is -0.143. The summed E-state index contributed by atoms with van der Waals surface area (Å²) >= 11 is 0. The lowest BCUT2D eigenvalue weighted by molar-refractivity contribution is -0.137. The number of rotatable bonds is 2. The van der Waals surface area contributed by atoms with Crippen LogP contribution in [0.25, 0.3) is 22.4 Å². The fourth-order valence-electron chi connectivity index (χ4n) is 3.95. The molecule has 0 aliphatic carbocycles. The van der Waals surface area contributed by atoms with E-state index in [1.807, 2.05) is 17.6 Å². The highest BCUT2D eigenvalue weighted by atomic mass is 19.4. The number of aromatic amines is 1. The van der Waals surface area contributed by atoms with Crippen LogP contribution < -0.4 is 0 Å². The Labute approximate surface area is 163 Å². The molecule has 0 spiro atoms. The van der Waals surface area contributed by atoms with Gasteiger partial charge in [0, 0.05) is 29.3 Å². The molecule has 0 amide bonds. The maximum absolute atomic E-state index is 12.9. The first-order valence-corrected chi connectivity index (χ1v) is 9.34. The fourth-order valence-corrected chi connectivity index (χ4v) is 3.95. The molecule has 1 aliphatic heterocycles. The quantitative estimate of drug-likeness (QED) is 0.541. The summed E-state index contributed by atoms with van der Waals surface area (Å²) in [7, 11) is 0. The highest BCUT2D eigenvalue weighted by Gasteiger charge is 2.31. The third-order valence-electron chi connectivity index (χ3n) is 5.44. The molecule has 6 nitrogen and oxygen atoms in total. The van der Waals surface area contributed by atoms with E-state index in [4.69, 9.17) is 0 Å². The van der Waals surface area contributed by atoms with Crippen molar-refractivity contribution in [3.8, 4) is 11.4 Å². The second kappa shape index (κ2) is 6.40. The maximum atomic E-state index is 12.9. The molecule has 148 valence electrons. The Kier molecular flexibility index (Phi) is 3.94. The maximum Gasteiger partial charge on any atom is 0.416 e. The SMILES string of the molecule is Cc1[nH]nc2ncc(-c3nnc4n3C(c3ccc(C(F)(F)F)cc3)CCC4)cc12. The van der Waals surface area contributed by atoms with Gasteiger partial charge in [0.25, 0.3) is 0 Å². The lowest BCUT2D eigenvalue weighted by Gasteiger charge is -2.27. The first-order valence-electron chi connectivity index (χ1n) is 9.34. The number of hydrogen-bond donors (Lipinski definition) is 1. The van der Waals surface area contributed by atoms with Gasteiger partial charge in [-0.3, -0.25) is 5.10 Å². The van der Waals surface area contributed by atoms with Gasteiger partial charge in [-0.25, -0.2) is 4.98 Å². The molecular formula is C20H17F3N6. The van der Waals surface area contributed by atoms with Crippen molar-refractivity contribution in [3.63, 3.8) is 0 Å². The largest absolute Gasteiger partial charge is 0.416 e. The average Bonchev–Trinajstić information content (AvgIpc) is 3.31. The van der Waals surface area contributed by atoms with Gasteiger partial charge in [-0.1, -0.05) is 12.1 Å². The molecule has 1 unspecified atom stereocenters. The second-order valence-corrected chi connectivity index (χ2v) is 7.28. The van der Waals surface area contributed by atoms with Gasteiger partial charge in [-0.15, -0.1) is 10.2 Å². The summed E-state index contributed by atoms with van der Waals surface area (Å²) < 4.78 is 40.8. The monoisotopic (exact) mass is 398 g/mol. The number of H-pyrrole nitrogens is 1. The van der Waals surface area contributed by atoms with E-state index >= 15 is 0 Å². The number of halogens is 3. The van der Waals surface area contributed by atoms with Crippen LogP contribution in [0.15, 0.2) is 36.5 Å². The fraction of sp³-hybridized carbons (Fsp3) is 0.300. The number of benzene rings is 1. The number of nitrogens with one attached hydrogen (secondary N) is 1. The number of fused-ring (bicyclic) bond motifs is 2. The molecule has 3 aromatic heterocycles. The molecule has 0 bridgehead atoms. The van der Waals surface area contributed by atoms with Gasteiger partial charge in [0.2, 0.25) is 0 Å². The zero-order chi connectivity index (χ0) is 20.2. The number of aryl methyl sites for hydroxylation is 2. The minimum atomic E-state index is -4.35. The van der Waals surface area contributed by atoms with E-state index in [-0.39, 0.29) is 6.04 Å². The van der Waals surface area contributed by atoms with E-state index in [0.717, 1.165) is 59.4 Å². The van der Waals surface area contributed by atoms with Crippen LogP contribution in [-0.4, -0.2) is 29.9 Å². The first kappa shape index (κ1) is 17.8. The minimum Gasteiger partial charge on any atom is -0.303 e. The summed E-state index contributed by atoms with van der Waals surface area (Å²) in [6.45, 7) is 1.92. The molecule has 0 radical (unpaired) electrons. The average molecular weight is 398 g/mol. The van der Waals surface area contributed by atoms with Crippen LogP contribution in [0.4, 0.5) is 13.2 Å². The minimum absolute atomic E-state index is 0.118. The number of pyridine rings is 1. The van der Waals surface area contributed by atoms with Crippen molar-refractivity contribution in [2.24, 2.45) is 0 Å². The van der Waals surface area contributed by atoms with Gasteiger partial charge in [-0.2, -0.15) is 18.3 Å². The molecule has 29 heavy (non-hydrogen) atoms. The van der Waals surface area contributed by atoms with Crippen molar-refractivity contribution >= 4 is 11.0 Å². The van der Waals surface area contributed by atoms with Crippen molar-refractivity contribution in [2.75, 3.05) is 0 Å². The predicted molar refractivity (Wildman–Crippen MR) is 100 cm³/mol. The zero-order valence-electron chi connectivity index (χ0n) is 15.5. The Morgan fingerprint density at radius 2 is 1.93 bits per heavy atom. The second-order valence-electron chi connectivity index (χ2n) is 7.28. The Balaban J connectivity index is 1.59. The molecule has 1 aromatic carbocycles. The zero-order valence-corrected chi connectivity index (χ0v) is 15.5. The highest BCUT2D eigenvalue weighted by molar-refractivity contribution is 5.81. The van der Waals surface area contributed by atoms with Gasteiger partial charge in [0.1, 0.15) is 5.82 Å². The van der Waals surface area contributed by atoms with Crippen LogP contribution in [0.2, 0.25) is 0 Å². The van der Waals surface area contributed by atoms with Crippen LogP contribution in [0.1, 0.15) is 41.5 Å². The lowest BCUT2D eigenvalue weighted by Crippen LogP contribution is -2.20. The van der Waals surface area contributed by atoms with E-state index in [1.54, 1.807) is 18.3 Å². The molecule has 0 saturated carbocycles. The Morgan fingerprint density at radius 1 is 1.14 bits per heavy atom. The van der Waals surface area contributed by atoms with Crippen LogP contribution >= 0.6 is 0 Å². The van der Waals surface area contributed by atoms with Crippen LogP contribution in [0.3, 0.4) is 0 Å². The number of alkyl halides is 3. The van der Waals surface area contributed by atoms with Gasteiger partial charge in [-0.05, 0) is 43.5 Å². The summed E-state index contributed by atoms with van der Waals surface area (Å²) in [5.74, 6) is 1.50. The molecule has 9 heteroatoms. The molecule has 0 fully saturated rings. The summed E-state index contributed by atoms with van der Waals surface area (Å²) in [5.41, 5.74) is 2.51. The molecule has 4 heterocycles. The molecule has 5 rings (SSSR count). The number of nitrogens with zero attached hydrogens (tertiary/aromatic N) is 5. The molecule has 1 N–H and O–H groups in total. The van der Waals surface area contributed by atoms with Crippen molar-refractivity contribution in [3.05, 3.63) is 59.2 Å². The van der Waals surface area contributed by atoms with Crippen LogP contribution in [0.5, 0.6) is 0 Å². The summed E-state index contributed by atoms with van der Waals surface area (Å²) in [6, 6.07) is 7.22. The summed E-state index contributed by atoms with van der Waals surface area (Å²) in [4.78, 5) is 4.39. The Hall–Kier alpha value is -3.23. The first-order chi connectivity index (χ1) is 13.9. The van der Waals surface area contributed by atoms with Crippen molar-refractivity contribution in [1.82, 2.24) is 29.9 Å². The standard InChI is InChI=1S/C20H17F3N6/c1-11-15-9-13(10-24-18(15)27-25-11)19-28-26-17-4-2-3-16(29(17)19)12-5-7-14(8-6-12)20(21,22)23/h5-10,16H,2-4H2,1H3,(H,24,25,27). The molecular weight excluding hydrogens is 381 g/mol. The van der Waals surface area contributed by atoms with Crippen molar-refractivity contribution < 1.29 is 13.2 Å². The summed E-state index contributed by atoms with van der Waals surface area (Å²) in [5, 5.41) is 16.7. The van der Waals surface area contributed by atoms with Crippen molar-refractivity contribution in [2.45, 2.75) is 38.4 Å². The third kappa shape index (κ3) is 2.97. The number of hydrogen-bond acceptors (Lipinski definition) is 4. The smallest absolute Gasteiger partial charge is 0.303 e. The topological polar surface area (TPSA) is 72.3 Å². The predicted octanol–water partition coefficient (Wildman–Crippen LogP) is 4.47. The van der Waals surface area contributed by atoms with Gasteiger partial charge >= 0.3 is 6.18 Å². The van der Waals surface area contributed by atoms with Crippen LogP contribution in [0, 0.1) is 6.92 Å². The molecule has 1 atom stereocenters. The van der Waals surface area contributed by atoms with E-state index < -0.39 is 11.7 Å². The lowest BCUT2D eigenvalue weighted by atomic mass is 9.95. The van der Waals surface area contributed by atoms with E-state index in [0.29, 0.717) is 11.5 Å². The highest BCUT2D eigenvalue weighted by Crippen LogP contribution is 2.36. The van der Waals surface area contributed by atoms with Crippen LogP contribution in [-0.2, 0) is 12.6 Å². The van der Waals surface area contributed by atoms with E-state index in [9.17, 15) is 13.2 Å². The Bertz CT molecular complexity index is 1190. The molecule has 0 saturated heterocycles. The van der Waals surface area contributed by atoms with Crippen molar-refractivity contribution in [1.29, 1.82) is 0 Å². The van der Waals surface area contributed by atoms with E-state index in [1.165, 1.54) is 0 Å².